The molecule has 0 atom stereocenters. The maximum absolute atomic E-state index is 10.6. The molecule has 6 heteroatoms. The van der Waals surface area contributed by atoms with E-state index >= 15 is 0 Å². The van der Waals surface area contributed by atoms with Crippen LogP contribution in [0.2, 0.25) is 5.02 Å². The van der Waals surface area contributed by atoms with Crippen molar-refractivity contribution < 1.29 is 19.7 Å². The fourth-order valence-corrected chi connectivity index (χ4v) is 2.31. The first-order chi connectivity index (χ1) is 9.85. The largest absolute Gasteiger partial charge is 0.504 e. The lowest BCUT2D eigenvalue weighted by Crippen LogP contribution is -2.31. The molecule has 0 unspecified atom stereocenters. The predicted octanol–water partition coefficient (Wildman–Crippen LogP) is 3.13. The summed E-state index contributed by atoms with van der Waals surface area (Å²) in [6.45, 7) is 5.18. The first-order valence-corrected chi connectivity index (χ1v) is 7.24. The second kappa shape index (κ2) is 8.10. The van der Waals surface area contributed by atoms with E-state index < -0.39 is 5.97 Å². The molecule has 0 aliphatic carbocycles. The molecule has 1 rings (SSSR count). The van der Waals surface area contributed by atoms with Crippen molar-refractivity contribution in [1.29, 1.82) is 0 Å². The summed E-state index contributed by atoms with van der Waals surface area (Å²) in [5.41, 5.74) is 0.670. The van der Waals surface area contributed by atoms with E-state index in [0.29, 0.717) is 35.8 Å². The number of halogens is 1. The van der Waals surface area contributed by atoms with E-state index in [1.807, 2.05) is 13.8 Å². The number of phenols is 1. The Morgan fingerprint density at radius 1 is 1.43 bits per heavy atom. The standard InChI is InChI=1S/C15H22ClNO4/c1-10(2)17(6-4-5-14(18)19)9-11-7-12(16)8-13(21-3)15(11)20/h7-8,10,20H,4-6,9H2,1-3H3,(H,18,19). The Labute approximate surface area is 130 Å². The molecule has 5 nitrogen and oxygen atoms in total. The lowest BCUT2D eigenvalue weighted by Gasteiger charge is -2.27. The molecule has 2 N–H and O–H groups in total. The van der Waals surface area contributed by atoms with Crippen LogP contribution in [0.4, 0.5) is 0 Å². The summed E-state index contributed by atoms with van der Waals surface area (Å²) in [7, 11) is 1.47. The fraction of sp³-hybridized carbons (Fsp3) is 0.533. The molecule has 0 aliphatic rings. The van der Waals surface area contributed by atoms with Crippen molar-refractivity contribution in [3.8, 4) is 11.5 Å². The monoisotopic (exact) mass is 315 g/mol. The Balaban J connectivity index is 2.84. The topological polar surface area (TPSA) is 70.0 Å². The maximum Gasteiger partial charge on any atom is 0.303 e. The molecule has 1 aromatic rings. The van der Waals surface area contributed by atoms with E-state index in [9.17, 15) is 9.90 Å². The number of phenolic OH excluding ortho intramolecular Hbond substituents is 1. The predicted molar refractivity (Wildman–Crippen MR) is 82.1 cm³/mol. The van der Waals surface area contributed by atoms with Gasteiger partial charge in [0.2, 0.25) is 0 Å². The van der Waals surface area contributed by atoms with Crippen molar-refractivity contribution in [2.24, 2.45) is 0 Å². The summed E-state index contributed by atoms with van der Waals surface area (Å²) < 4.78 is 5.09. The second-order valence-electron chi connectivity index (χ2n) is 5.18. The van der Waals surface area contributed by atoms with Crippen LogP contribution >= 0.6 is 11.6 Å². The molecule has 1 aromatic carbocycles. The first kappa shape index (κ1) is 17.6. The number of carbonyl (C=O) groups is 1. The highest BCUT2D eigenvalue weighted by atomic mass is 35.5. The van der Waals surface area contributed by atoms with Gasteiger partial charge in [0.25, 0.3) is 0 Å². The molecule has 0 fully saturated rings. The molecule has 0 heterocycles. The summed E-state index contributed by atoms with van der Waals surface area (Å²) >= 11 is 6.02. The van der Waals surface area contributed by atoms with Gasteiger partial charge in [0.05, 0.1) is 7.11 Å². The molecule has 0 saturated heterocycles. The number of hydrogen-bond acceptors (Lipinski definition) is 4. The van der Waals surface area contributed by atoms with Crippen molar-refractivity contribution in [2.45, 2.75) is 39.3 Å². The Kier molecular flexibility index (Phi) is 6.78. The number of aliphatic carboxylic acids is 1. The second-order valence-corrected chi connectivity index (χ2v) is 5.61. The van der Waals surface area contributed by atoms with Gasteiger partial charge in [-0.15, -0.1) is 0 Å². The summed E-state index contributed by atoms with van der Waals surface area (Å²) in [5.74, 6) is -0.386. The van der Waals surface area contributed by atoms with Crippen LogP contribution in [0.25, 0.3) is 0 Å². The molecule has 0 bridgehead atoms. The summed E-state index contributed by atoms with van der Waals surface area (Å²) in [6, 6.07) is 3.49. The average molecular weight is 316 g/mol. The molecule has 0 aliphatic heterocycles. The highest BCUT2D eigenvalue weighted by Gasteiger charge is 2.16. The van der Waals surface area contributed by atoms with Gasteiger partial charge in [-0.25, -0.2) is 0 Å². The highest BCUT2D eigenvalue weighted by Crippen LogP contribution is 2.34. The molecule has 0 saturated carbocycles. The fourth-order valence-electron chi connectivity index (χ4n) is 2.08. The minimum atomic E-state index is -0.800. The van der Waals surface area contributed by atoms with Gasteiger partial charge >= 0.3 is 5.97 Å². The van der Waals surface area contributed by atoms with Crippen molar-refractivity contribution in [3.63, 3.8) is 0 Å². The highest BCUT2D eigenvalue weighted by molar-refractivity contribution is 6.30. The van der Waals surface area contributed by atoms with Crippen molar-refractivity contribution in [1.82, 2.24) is 4.90 Å². The lowest BCUT2D eigenvalue weighted by atomic mass is 10.1. The third kappa shape index (κ3) is 5.44. The number of hydrogen-bond donors (Lipinski definition) is 2. The van der Waals surface area contributed by atoms with E-state index in [1.54, 1.807) is 12.1 Å². The van der Waals surface area contributed by atoms with Crippen LogP contribution in [-0.2, 0) is 11.3 Å². The van der Waals surface area contributed by atoms with Crippen LogP contribution in [0.15, 0.2) is 12.1 Å². The number of nitrogens with zero attached hydrogens (tertiary/aromatic N) is 1. The van der Waals surface area contributed by atoms with Crippen LogP contribution in [0, 0.1) is 0 Å². The molecule has 0 aromatic heterocycles. The Bertz CT molecular complexity index is 491. The SMILES string of the molecule is COc1cc(Cl)cc(CN(CCCC(=O)O)C(C)C)c1O. The normalized spacial score (nSPS) is 11.1. The van der Waals surface area contributed by atoms with Crippen LogP contribution in [-0.4, -0.2) is 40.8 Å². The number of carboxylic acids is 1. The van der Waals surface area contributed by atoms with E-state index in [-0.39, 0.29) is 18.2 Å². The third-order valence-electron chi connectivity index (χ3n) is 3.28. The molecule has 118 valence electrons. The number of carboxylic acid groups (broad SMARTS) is 1. The average Bonchev–Trinajstić information content (AvgIpc) is 2.40. The van der Waals surface area contributed by atoms with E-state index in [2.05, 4.69) is 4.90 Å². The van der Waals surface area contributed by atoms with Crippen molar-refractivity contribution >= 4 is 17.6 Å². The van der Waals surface area contributed by atoms with Gasteiger partial charge in [-0.05, 0) is 32.9 Å². The summed E-state index contributed by atoms with van der Waals surface area (Å²) in [5, 5.41) is 19.4. The summed E-state index contributed by atoms with van der Waals surface area (Å²) in [4.78, 5) is 12.7. The minimum absolute atomic E-state index is 0.0748. The Hall–Kier alpha value is -1.46. The maximum atomic E-state index is 10.6. The van der Waals surface area contributed by atoms with Gasteiger partial charge < -0.3 is 14.9 Å². The van der Waals surface area contributed by atoms with Gasteiger partial charge in [0.1, 0.15) is 0 Å². The zero-order chi connectivity index (χ0) is 16.0. The molecular formula is C15H22ClNO4. The smallest absolute Gasteiger partial charge is 0.303 e. The van der Waals surface area contributed by atoms with E-state index in [1.165, 1.54) is 7.11 Å². The van der Waals surface area contributed by atoms with Crippen LogP contribution in [0.5, 0.6) is 11.5 Å². The van der Waals surface area contributed by atoms with Gasteiger partial charge in [-0.1, -0.05) is 11.6 Å². The molecule has 21 heavy (non-hydrogen) atoms. The zero-order valence-electron chi connectivity index (χ0n) is 12.6. The van der Waals surface area contributed by atoms with Crippen LogP contribution in [0.1, 0.15) is 32.3 Å². The Morgan fingerprint density at radius 2 is 2.10 bits per heavy atom. The zero-order valence-corrected chi connectivity index (χ0v) is 13.4. The summed E-state index contributed by atoms with van der Waals surface area (Å²) in [6.07, 6.45) is 0.694. The third-order valence-corrected chi connectivity index (χ3v) is 3.50. The molecule has 0 radical (unpaired) electrons. The number of aromatic hydroxyl groups is 1. The number of rotatable bonds is 8. The van der Waals surface area contributed by atoms with Crippen LogP contribution < -0.4 is 4.74 Å². The van der Waals surface area contributed by atoms with E-state index in [0.717, 1.165) is 0 Å². The van der Waals surface area contributed by atoms with Gasteiger partial charge in [0, 0.05) is 35.7 Å². The number of methoxy groups -OCH3 is 1. The quantitative estimate of drug-likeness (QED) is 0.771. The molecular weight excluding hydrogens is 294 g/mol. The van der Waals surface area contributed by atoms with E-state index in [4.69, 9.17) is 21.4 Å². The van der Waals surface area contributed by atoms with Crippen molar-refractivity contribution in [3.05, 3.63) is 22.7 Å². The number of ether oxygens (including phenoxy) is 1. The Morgan fingerprint density at radius 3 is 2.62 bits per heavy atom. The van der Waals surface area contributed by atoms with Gasteiger partial charge in [-0.2, -0.15) is 0 Å². The van der Waals surface area contributed by atoms with Crippen LogP contribution in [0.3, 0.4) is 0 Å². The van der Waals surface area contributed by atoms with Gasteiger partial charge in [0.15, 0.2) is 11.5 Å². The van der Waals surface area contributed by atoms with Gasteiger partial charge in [-0.3, -0.25) is 9.69 Å². The minimum Gasteiger partial charge on any atom is -0.504 e. The van der Waals surface area contributed by atoms with Crippen molar-refractivity contribution in [2.75, 3.05) is 13.7 Å². The lowest BCUT2D eigenvalue weighted by molar-refractivity contribution is -0.137. The molecule has 0 spiro atoms. The first-order valence-electron chi connectivity index (χ1n) is 6.86. The molecule has 0 amide bonds. The number of benzene rings is 1.